The van der Waals surface area contributed by atoms with Crippen molar-refractivity contribution in [3.05, 3.63) is 29.8 Å². The van der Waals surface area contributed by atoms with Gasteiger partial charge in [0.2, 0.25) is 0 Å². The van der Waals surface area contributed by atoms with Gasteiger partial charge < -0.3 is 5.11 Å². The molecule has 2 aliphatic rings. The number of phenols is 1. The fourth-order valence-electron chi connectivity index (χ4n) is 4.48. The van der Waals surface area contributed by atoms with E-state index in [1.807, 2.05) is 0 Å². The van der Waals surface area contributed by atoms with Crippen LogP contribution >= 0.6 is 0 Å². The fourth-order valence-corrected chi connectivity index (χ4v) is 4.48. The van der Waals surface area contributed by atoms with Crippen LogP contribution in [0.3, 0.4) is 0 Å². The Balaban J connectivity index is 1.61. The van der Waals surface area contributed by atoms with Crippen LogP contribution in [0.15, 0.2) is 24.3 Å². The molecule has 3 rings (SSSR count). The lowest BCUT2D eigenvalue weighted by atomic mass is 9.69. The van der Waals surface area contributed by atoms with Crippen LogP contribution in [0.4, 0.5) is 8.78 Å². The summed E-state index contributed by atoms with van der Waals surface area (Å²) in [7, 11) is 0. The maximum absolute atomic E-state index is 14.7. The number of aromatic hydroxyl groups is 1. The van der Waals surface area contributed by atoms with E-state index < -0.39 is 11.8 Å². The molecular weight excluding hydrogens is 282 g/mol. The van der Waals surface area contributed by atoms with Gasteiger partial charge in [-0.3, -0.25) is 0 Å². The summed E-state index contributed by atoms with van der Waals surface area (Å²) in [5.41, 5.74) is 0.0476. The first-order valence-electron chi connectivity index (χ1n) is 8.74. The number of rotatable bonds is 3. The van der Waals surface area contributed by atoms with Crippen LogP contribution in [0.25, 0.3) is 0 Å². The van der Waals surface area contributed by atoms with Crippen LogP contribution < -0.4 is 0 Å². The Morgan fingerprint density at radius 1 is 0.773 bits per heavy atom. The van der Waals surface area contributed by atoms with Crippen molar-refractivity contribution < 1.29 is 13.9 Å². The number of hydrogen-bond donors (Lipinski definition) is 1. The predicted octanol–water partition coefficient (Wildman–Crippen LogP) is 5.87. The lowest BCUT2D eigenvalue weighted by molar-refractivity contribution is -0.0851. The summed E-state index contributed by atoms with van der Waals surface area (Å²) >= 11 is 0. The molecule has 3 heteroatoms. The summed E-state index contributed by atoms with van der Waals surface area (Å²) < 4.78 is 29.3. The molecule has 22 heavy (non-hydrogen) atoms. The van der Waals surface area contributed by atoms with Gasteiger partial charge in [-0.1, -0.05) is 32.1 Å². The van der Waals surface area contributed by atoms with Gasteiger partial charge in [-0.15, -0.1) is 0 Å². The van der Waals surface area contributed by atoms with Crippen molar-refractivity contribution in [1.29, 1.82) is 0 Å². The molecule has 122 valence electrons. The highest BCUT2D eigenvalue weighted by molar-refractivity contribution is 5.29. The van der Waals surface area contributed by atoms with Crippen molar-refractivity contribution in [2.75, 3.05) is 0 Å². The largest absolute Gasteiger partial charge is 0.508 e. The minimum atomic E-state index is -2.77. The topological polar surface area (TPSA) is 20.2 Å². The number of hydrogen-bond acceptors (Lipinski definition) is 1. The standard InChI is InChI=1S/C19H26F2O/c20-19(21,17-10-12-18(22)13-11-17)16-8-6-15(7-9-16)14-4-2-1-3-5-14/h10-16,22H,1-9H2/t15-,16-. The molecule has 0 aliphatic heterocycles. The number of alkyl halides is 2. The zero-order valence-electron chi connectivity index (χ0n) is 13.1. The SMILES string of the molecule is Oc1ccc(C(F)(F)[C@H]2CC[C@H](C3CCCCC3)CC2)cc1. The molecule has 1 aromatic carbocycles. The first kappa shape index (κ1) is 15.8. The van der Waals surface area contributed by atoms with E-state index in [1.165, 1.54) is 56.4 Å². The summed E-state index contributed by atoms with van der Waals surface area (Å²) in [4.78, 5) is 0. The van der Waals surface area contributed by atoms with Gasteiger partial charge in [0.25, 0.3) is 5.92 Å². The first-order chi connectivity index (χ1) is 10.6. The maximum atomic E-state index is 14.7. The minimum Gasteiger partial charge on any atom is -0.508 e. The van der Waals surface area contributed by atoms with Crippen molar-refractivity contribution >= 4 is 0 Å². The van der Waals surface area contributed by atoms with Crippen LogP contribution in [0.2, 0.25) is 0 Å². The van der Waals surface area contributed by atoms with Crippen LogP contribution in [0, 0.1) is 17.8 Å². The predicted molar refractivity (Wildman–Crippen MR) is 84.0 cm³/mol. The second kappa shape index (κ2) is 6.55. The Kier molecular flexibility index (Phi) is 4.70. The molecule has 2 saturated carbocycles. The van der Waals surface area contributed by atoms with Gasteiger partial charge in [-0.05, 0) is 61.8 Å². The quantitative estimate of drug-likeness (QED) is 0.740. The summed E-state index contributed by atoms with van der Waals surface area (Å²) in [5.74, 6) is -1.81. The third kappa shape index (κ3) is 3.28. The molecule has 0 heterocycles. The molecular formula is C19H26F2O. The van der Waals surface area contributed by atoms with Crippen LogP contribution in [0.1, 0.15) is 63.4 Å². The molecule has 1 N–H and O–H groups in total. The average molecular weight is 308 g/mol. The molecule has 1 aromatic rings. The second-order valence-electron chi connectivity index (χ2n) is 7.18. The lowest BCUT2D eigenvalue weighted by Crippen LogP contribution is -2.32. The molecule has 0 saturated heterocycles. The van der Waals surface area contributed by atoms with E-state index in [4.69, 9.17) is 0 Å². The van der Waals surface area contributed by atoms with Crippen molar-refractivity contribution in [2.24, 2.45) is 17.8 Å². The Morgan fingerprint density at radius 2 is 1.32 bits per heavy atom. The molecule has 0 atom stereocenters. The van der Waals surface area contributed by atoms with Crippen molar-refractivity contribution in [3.8, 4) is 5.75 Å². The fraction of sp³-hybridized carbons (Fsp3) is 0.684. The second-order valence-corrected chi connectivity index (χ2v) is 7.18. The Morgan fingerprint density at radius 3 is 1.91 bits per heavy atom. The Bertz CT molecular complexity index is 469. The summed E-state index contributed by atoms with van der Waals surface area (Å²) in [6.07, 6.45) is 9.82. The number of benzene rings is 1. The van der Waals surface area contributed by atoms with Gasteiger partial charge >= 0.3 is 0 Å². The summed E-state index contributed by atoms with van der Waals surface area (Å²) in [5, 5.41) is 9.27. The highest BCUT2D eigenvalue weighted by Crippen LogP contribution is 2.48. The third-order valence-corrected chi connectivity index (χ3v) is 5.85. The van der Waals surface area contributed by atoms with Gasteiger partial charge in [0, 0.05) is 11.5 Å². The zero-order valence-corrected chi connectivity index (χ0v) is 13.1. The third-order valence-electron chi connectivity index (χ3n) is 5.85. The zero-order chi connectivity index (χ0) is 15.6. The molecule has 0 bridgehead atoms. The normalized spacial score (nSPS) is 27.7. The van der Waals surface area contributed by atoms with Crippen LogP contribution in [-0.4, -0.2) is 5.11 Å². The monoisotopic (exact) mass is 308 g/mol. The van der Waals surface area contributed by atoms with E-state index in [2.05, 4.69) is 0 Å². The van der Waals surface area contributed by atoms with E-state index in [-0.39, 0.29) is 11.3 Å². The Labute approximate surface area is 131 Å². The van der Waals surface area contributed by atoms with E-state index in [9.17, 15) is 13.9 Å². The number of phenolic OH excluding ortho intramolecular Hbond substituents is 1. The molecule has 0 amide bonds. The van der Waals surface area contributed by atoms with Gasteiger partial charge in [-0.2, -0.15) is 0 Å². The Hall–Kier alpha value is -1.12. The number of halogens is 2. The molecule has 0 aromatic heterocycles. The van der Waals surface area contributed by atoms with Gasteiger partial charge in [0.1, 0.15) is 5.75 Å². The maximum Gasteiger partial charge on any atom is 0.276 e. The average Bonchev–Trinajstić information content (AvgIpc) is 2.56. The van der Waals surface area contributed by atoms with E-state index in [0.717, 1.165) is 18.8 Å². The van der Waals surface area contributed by atoms with Crippen molar-refractivity contribution in [2.45, 2.75) is 63.7 Å². The van der Waals surface area contributed by atoms with E-state index >= 15 is 0 Å². The van der Waals surface area contributed by atoms with Crippen LogP contribution in [-0.2, 0) is 5.92 Å². The van der Waals surface area contributed by atoms with Crippen molar-refractivity contribution in [1.82, 2.24) is 0 Å². The van der Waals surface area contributed by atoms with E-state index in [1.54, 1.807) is 0 Å². The molecule has 0 unspecified atom stereocenters. The van der Waals surface area contributed by atoms with Gasteiger partial charge in [-0.25, -0.2) is 8.78 Å². The molecule has 2 aliphatic carbocycles. The van der Waals surface area contributed by atoms with Gasteiger partial charge in [0.05, 0.1) is 0 Å². The van der Waals surface area contributed by atoms with E-state index in [0.29, 0.717) is 18.8 Å². The minimum absolute atomic E-state index is 0.0422. The highest BCUT2D eigenvalue weighted by Gasteiger charge is 2.43. The molecule has 0 spiro atoms. The van der Waals surface area contributed by atoms with Crippen LogP contribution in [0.5, 0.6) is 5.75 Å². The summed E-state index contributed by atoms with van der Waals surface area (Å²) in [6.45, 7) is 0. The lowest BCUT2D eigenvalue weighted by Gasteiger charge is -2.38. The summed E-state index contributed by atoms with van der Waals surface area (Å²) in [6, 6.07) is 5.44. The smallest absolute Gasteiger partial charge is 0.276 e. The first-order valence-corrected chi connectivity index (χ1v) is 8.74. The molecule has 1 nitrogen and oxygen atoms in total. The molecule has 2 fully saturated rings. The van der Waals surface area contributed by atoms with Crippen molar-refractivity contribution in [3.63, 3.8) is 0 Å². The van der Waals surface area contributed by atoms with Gasteiger partial charge in [0.15, 0.2) is 0 Å². The molecule has 0 radical (unpaired) electrons. The highest BCUT2D eigenvalue weighted by atomic mass is 19.3.